The average molecular weight is 334 g/mol. The summed E-state index contributed by atoms with van der Waals surface area (Å²) in [6.45, 7) is 4.58. The predicted octanol–water partition coefficient (Wildman–Crippen LogP) is 2.33. The molecule has 1 atom stereocenters. The number of amides is 1. The molecule has 2 N–H and O–H groups in total. The van der Waals surface area contributed by atoms with E-state index in [2.05, 4.69) is 5.10 Å². The van der Waals surface area contributed by atoms with Crippen LogP contribution in [0.25, 0.3) is 5.69 Å². The average Bonchev–Trinajstić information content (AvgIpc) is 2.81. The van der Waals surface area contributed by atoms with Crippen LogP contribution in [-0.2, 0) is 0 Å². The van der Waals surface area contributed by atoms with Crippen LogP contribution in [0.15, 0.2) is 18.2 Å². The Kier molecular flexibility index (Phi) is 4.36. The van der Waals surface area contributed by atoms with Crippen molar-refractivity contribution in [2.24, 2.45) is 5.73 Å². The quantitative estimate of drug-likeness (QED) is 0.917. The Morgan fingerprint density at radius 1 is 1.33 bits per heavy atom. The number of carbonyl (C=O) groups excluding carboxylic acids is 1. The van der Waals surface area contributed by atoms with E-state index >= 15 is 0 Å². The first-order valence-corrected chi connectivity index (χ1v) is 7.95. The first-order valence-electron chi connectivity index (χ1n) is 7.95. The van der Waals surface area contributed by atoms with Crippen LogP contribution in [0.4, 0.5) is 8.78 Å². The summed E-state index contributed by atoms with van der Waals surface area (Å²) in [6, 6.07) is 3.26. The van der Waals surface area contributed by atoms with E-state index in [9.17, 15) is 13.6 Å². The molecular formula is C17H20F2N4O. The highest BCUT2D eigenvalue weighted by Crippen LogP contribution is 2.23. The Balaban J connectivity index is 1.99. The highest BCUT2D eigenvalue weighted by atomic mass is 19.1. The lowest BCUT2D eigenvalue weighted by molar-refractivity contribution is 0.0707. The number of nitrogens with zero attached hydrogens (tertiary/aromatic N) is 3. The fraction of sp³-hybridized carbons (Fsp3) is 0.412. The molecule has 2 aromatic rings. The summed E-state index contributed by atoms with van der Waals surface area (Å²) in [4.78, 5) is 14.6. The highest BCUT2D eigenvalue weighted by molar-refractivity contribution is 5.96. The Morgan fingerprint density at radius 2 is 2.08 bits per heavy atom. The molecule has 1 aromatic heterocycles. The van der Waals surface area contributed by atoms with Crippen LogP contribution in [0.2, 0.25) is 0 Å². The van der Waals surface area contributed by atoms with Crippen LogP contribution in [0.5, 0.6) is 0 Å². The molecule has 128 valence electrons. The summed E-state index contributed by atoms with van der Waals surface area (Å²) >= 11 is 0. The fourth-order valence-electron chi connectivity index (χ4n) is 3.19. The number of aryl methyl sites for hydroxylation is 1. The molecule has 0 aliphatic carbocycles. The second-order valence-electron chi connectivity index (χ2n) is 6.21. The van der Waals surface area contributed by atoms with Crippen molar-refractivity contribution in [2.75, 3.05) is 13.1 Å². The third-order valence-corrected chi connectivity index (χ3v) is 4.39. The van der Waals surface area contributed by atoms with E-state index in [0.29, 0.717) is 30.0 Å². The zero-order chi connectivity index (χ0) is 17.4. The molecule has 2 heterocycles. The van der Waals surface area contributed by atoms with Crippen molar-refractivity contribution in [3.8, 4) is 5.69 Å². The molecule has 0 unspecified atom stereocenters. The van der Waals surface area contributed by atoms with Gasteiger partial charge in [0.05, 0.1) is 17.0 Å². The van der Waals surface area contributed by atoms with Crippen LogP contribution in [0, 0.1) is 25.5 Å². The molecular weight excluding hydrogens is 314 g/mol. The second-order valence-corrected chi connectivity index (χ2v) is 6.21. The number of hydrogen-bond acceptors (Lipinski definition) is 3. The molecule has 1 aliphatic rings. The van der Waals surface area contributed by atoms with Crippen molar-refractivity contribution in [3.05, 3.63) is 46.8 Å². The summed E-state index contributed by atoms with van der Waals surface area (Å²) in [5.74, 6) is -1.52. The molecule has 7 heteroatoms. The lowest BCUT2D eigenvalue weighted by Gasteiger charge is -2.30. The van der Waals surface area contributed by atoms with Crippen molar-refractivity contribution in [2.45, 2.75) is 32.7 Å². The lowest BCUT2D eigenvalue weighted by Crippen LogP contribution is -2.46. The summed E-state index contributed by atoms with van der Waals surface area (Å²) in [7, 11) is 0. The molecule has 0 spiro atoms. The number of benzene rings is 1. The van der Waals surface area contributed by atoms with Gasteiger partial charge in [0, 0.05) is 25.2 Å². The number of halogens is 2. The number of piperidine rings is 1. The highest BCUT2D eigenvalue weighted by Gasteiger charge is 2.27. The molecule has 1 amide bonds. The predicted molar refractivity (Wildman–Crippen MR) is 86.1 cm³/mol. The van der Waals surface area contributed by atoms with Gasteiger partial charge in [-0.1, -0.05) is 0 Å². The minimum absolute atomic E-state index is 0.0205. The van der Waals surface area contributed by atoms with Gasteiger partial charge in [0.25, 0.3) is 5.91 Å². The van der Waals surface area contributed by atoms with Crippen molar-refractivity contribution >= 4 is 5.91 Å². The topological polar surface area (TPSA) is 64.2 Å². The number of aromatic nitrogens is 2. The smallest absolute Gasteiger partial charge is 0.257 e. The van der Waals surface area contributed by atoms with Crippen molar-refractivity contribution in [3.63, 3.8) is 0 Å². The lowest BCUT2D eigenvalue weighted by atomic mass is 10.0. The van der Waals surface area contributed by atoms with Crippen LogP contribution in [0.3, 0.4) is 0 Å². The Morgan fingerprint density at radius 3 is 2.75 bits per heavy atom. The molecule has 1 aromatic carbocycles. The van der Waals surface area contributed by atoms with E-state index in [1.54, 1.807) is 18.7 Å². The maximum atomic E-state index is 14.1. The summed E-state index contributed by atoms with van der Waals surface area (Å²) in [5, 5.41) is 4.28. The van der Waals surface area contributed by atoms with Crippen molar-refractivity contribution in [1.29, 1.82) is 0 Å². The normalized spacial score (nSPS) is 18.0. The van der Waals surface area contributed by atoms with E-state index in [0.717, 1.165) is 18.9 Å². The molecule has 0 radical (unpaired) electrons. The molecule has 0 saturated carbocycles. The minimum atomic E-state index is -0.723. The Bertz CT molecular complexity index is 787. The van der Waals surface area contributed by atoms with Crippen LogP contribution < -0.4 is 5.73 Å². The molecule has 1 aliphatic heterocycles. The van der Waals surface area contributed by atoms with Crippen LogP contribution >= 0.6 is 0 Å². The molecule has 3 rings (SSSR count). The molecule has 1 saturated heterocycles. The van der Waals surface area contributed by atoms with Crippen molar-refractivity contribution in [1.82, 2.24) is 14.7 Å². The monoisotopic (exact) mass is 334 g/mol. The fourth-order valence-corrected chi connectivity index (χ4v) is 3.19. The van der Waals surface area contributed by atoms with E-state index < -0.39 is 11.6 Å². The zero-order valence-electron chi connectivity index (χ0n) is 13.7. The van der Waals surface area contributed by atoms with Gasteiger partial charge in [-0.25, -0.2) is 13.5 Å². The van der Waals surface area contributed by atoms with Crippen LogP contribution in [-0.4, -0.2) is 39.7 Å². The molecule has 1 fully saturated rings. The number of hydrogen-bond donors (Lipinski definition) is 1. The van der Waals surface area contributed by atoms with E-state index in [-0.39, 0.29) is 17.6 Å². The largest absolute Gasteiger partial charge is 0.337 e. The number of carbonyl (C=O) groups is 1. The first-order chi connectivity index (χ1) is 11.4. The van der Waals surface area contributed by atoms with E-state index in [1.165, 1.54) is 16.8 Å². The van der Waals surface area contributed by atoms with Crippen LogP contribution in [0.1, 0.15) is 34.6 Å². The van der Waals surface area contributed by atoms with Gasteiger partial charge in [-0.3, -0.25) is 4.79 Å². The standard InChI is InChI=1S/C17H20F2N4O/c1-10-16(17(24)22-7-3-4-13(20)9-22)11(2)23(21-10)15-6-5-12(18)8-14(15)19/h5-6,8,13H,3-4,7,9,20H2,1-2H3/t13-/m1/s1. The SMILES string of the molecule is Cc1nn(-c2ccc(F)cc2F)c(C)c1C(=O)N1CCC[C@@H](N)C1. The molecule has 5 nitrogen and oxygen atoms in total. The van der Waals surface area contributed by atoms with Gasteiger partial charge >= 0.3 is 0 Å². The maximum Gasteiger partial charge on any atom is 0.257 e. The molecule has 0 bridgehead atoms. The van der Waals surface area contributed by atoms with Gasteiger partial charge in [-0.15, -0.1) is 0 Å². The van der Waals surface area contributed by atoms with Gasteiger partial charge in [0.1, 0.15) is 11.5 Å². The van der Waals surface area contributed by atoms with Gasteiger partial charge in [0.15, 0.2) is 5.82 Å². The number of rotatable bonds is 2. The zero-order valence-corrected chi connectivity index (χ0v) is 13.7. The van der Waals surface area contributed by atoms with E-state index in [1.807, 2.05) is 0 Å². The van der Waals surface area contributed by atoms with Crippen molar-refractivity contribution < 1.29 is 13.6 Å². The van der Waals surface area contributed by atoms with Gasteiger partial charge < -0.3 is 10.6 Å². The van der Waals surface area contributed by atoms with Gasteiger partial charge in [0.2, 0.25) is 0 Å². The Hall–Kier alpha value is -2.28. The number of likely N-dealkylation sites (tertiary alicyclic amines) is 1. The maximum absolute atomic E-state index is 14.1. The summed E-state index contributed by atoms with van der Waals surface area (Å²) in [5.41, 5.74) is 7.56. The third kappa shape index (κ3) is 2.91. The minimum Gasteiger partial charge on any atom is -0.337 e. The third-order valence-electron chi connectivity index (χ3n) is 4.39. The first kappa shape index (κ1) is 16.6. The second kappa shape index (κ2) is 6.32. The van der Waals surface area contributed by atoms with E-state index in [4.69, 9.17) is 5.73 Å². The molecule has 24 heavy (non-hydrogen) atoms. The number of nitrogens with two attached hydrogens (primary N) is 1. The Labute approximate surface area is 139 Å². The van der Waals surface area contributed by atoms with Gasteiger partial charge in [-0.05, 0) is 38.8 Å². The summed E-state index contributed by atoms with van der Waals surface area (Å²) in [6.07, 6.45) is 1.77. The summed E-state index contributed by atoms with van der Waals surface area (Å²) < 4.78 is 28.5. The van der Waals surface area contributed by atoms with Gasteiger partial charge in [-0.2, -0.15) is 5.10 Å².